The Bertz CT molecular complexity index is 976. The minimum atomic E-state index is -0.824. The fourth-order valence-corrected chi connectivity index (χ4v) is 3.18. The normalized spacial score (nSPS) is 13.6. The number of carbonyl (C=O) groups excluding carboxylic acids is 1. The number of rotatable bonds is 8. The van der Waals surface area contributed by atoms with Crippen LogP contribution in [-0.4, -0.2) is 35.3 Å². The molecule has 1 atom stereocenters. The zero-order valence-corrected chi connectivity index (χ0v) is 19.6. The molecule has 1 heterocycles. The van der Waals surface area contributed by atoms with Crippen molar-refractivity contribution in [1.82, 2.24) is 9.78 Å². The number of carbonyl (C=O) groups is 1. The summed E-state index contributed by atoms with van der Waals surface area (Å²) < 4.78 is 13.3. The number of esters is 1. The predicted octanol–water partition coefficient (Wildman–Crippen LogP) is 5.17. The molecule has 1 unspecified atom stereocenters. The molecule has 0 saturated heterocycles. The van der Waals surface area contributed by atoms with Crippen molar-refractivity contribution in [1.29, 1.82) is 0 Å². The van der Waals surface area contributed by atoms with Gasteiger partial charge in [0.15, 0.2) is 5.76 Å². The molecule has 0 amide bonds. The Morgan fingerprint density at radius 1 is 1.26 bits per heavy atom. The highest BCUT2D eigenvalue weighted by Gasteiger charge is 2.21. The lowest BCUT2D eigenvalue weighted by Crippen LogP contribution is -2.18. The van der Waals surface area contributed by atoms with Crippen molar-refractivity contribution in [3.8, 4) is 0 Å². The molecule has 6 nitrogen and oxygen atoms in total. The number of aryl methyl sites for hydroxylation is 2. The molecule has 0 saturated carbocycles. The van der Waals surface area contributed by atoms with E-state index >= 15 is 0 Å². The highest BCUT2D eigenvalue weighted by atomic mass is 16.7. The molecule has 1 aromatic heterocycles. The fraction of sp³-hybridized carbons (Fsp3) is 0.400. The van der Waals surface area contributed by atoms with Crippen LogP contribution in [-0.2, 0) is 26.2 Å². The van der Waals surface area contributed by atoms with E-state index < -0.39 is 12.3 Å². The van der Waals surface area contributed by atoms with Gasteiger partial charge in [-0.15, -0.1) is 0 Å². The van der Waals surface area contributed by atoms with Gasteiger partial charge in [0.05, 0.1) is 5.69 Å². The lowest BCUT2D eigenvalue weighted by Gasteiger charge is -2.21. The van der Waals surface area contributed by atoms with Crippen molar-refractivity contribution in [2.75, 3.05) is 7.05 Å². The summed E-state index contributed by atoms with van der Waals surface area (Å²) in [6.07, 6.45) is 2.05. The van der Waals surface area contributed by atoms with Gasteiger partial charge in [-0.1, -0.05) is 51.6 Å². The molecule has 6 heteroatoms. The highest BCUT2D eigenvalue weighted by Crippen LogP contribution is 2.30. The first-order chi connectivity index (χ1) is 14.6. The minimum Gasteiger partial charge on any atom is -0.452 e. The number of hydrogen-bond donors (Lipinski definition) is 0. The fourth-order valence-electron chi connectivity index (χ4n) is 3.18. The maximum Gasteiger partial charge on any atom is 0.333 e. The first-order valence-electron chi connectivity index (χ1n) is 10.4. The van der Waals surface area contributed by atoms with E-state index in [1.165, 1.54) is 5.56 Å². The standard InChI is InChI=1S/C25H33N3O3/c1-9-23(29)30-18(4)31-24(22-15-17(3)27-28(22)10-2)21(16-26-8)19-11-13-20(14-12-19)25(5,6)7/h9,11-16,18H,1,10H2,2-8H3/b24-21-,26-16-. The summed E-state index contributed by atoms with van der Waals surface area (Å²) in [6, 6.07) is 10.3. The molecule has 1 aromatic carbocycles. The van der Waals surface area contributed by atoms with Gasteiger partial charge in [-0.2, -0.15) is 5.10 Å². The van der Waals surface area contributed by atoms with E-state index in [0.29, 0.717) is 12.3 Å². The number of nitrogens with zero attached hydrogens (tertiary/aromatic N) is 3. The van der Waals surface area contributed by atoms with Crippen molar-refractivity contribution in [2.45, 2.75) is 59.8 Å². The van der Waals surface area contributed by atoms with E-state index in [1.54, 1.807) is 20.2 Å². The zero-order valence-electron chi connectivity index (χ0n) is 19.6. The van der Waals surface area contributed by atoms with Gasteiger partial charge >= 0.3 is 5.97 Å². The smallest absolute Gasteiger partial charge is 0.333 e. The number of aromatic nitrogens is 2. The molecule has 2 aromatic rings. The lowest BCUT2D eigenvalue weighted by atomic mass is 9.86. The summed E-state index contributed by atoms with van der Waals surface area (Å²) in [5.41, 5.74) is 4.65. The van der Waals surface area contributed by atoms with Crippen LogP contribution in [0.3, 0.4) is 0 Å². The summed E-state index contributed by atoms with van der Waals surface area (Å²) in [5, 5.41) is 4.55. The van der Waals surface area contributed by atoms with Crippen LogP contribution in [0.25, 0.3) is 11.3 Å². The molecular formula is C25H33N3O3. The quantitative estimate of drug-likeness (QED) is 0.193. The average molecular weight is 424 g/mol. The third kappa shape index (κ3) is 6.17. The van der Waals surface area contributed by atoms with Crippen LogP contribution in [0.15, 0.2) is 48.0 Å². The van der Waals surface area contributed by atoms with Gasteiger partial charge in [-0.25, -0.2) is 4.79 Å². The number of benzene rings is 1. The Labute approximate surface area is 185 Å². The van der Waals surface area contributed by atoms with Gasteiger partial charge in [0.25, 0.3) is 0 Å². The highest BCUT2D eigenvalue weighted by molar-refractivity contribution is 6.18. The molecule has 2 rings (SSSR count). The number of hydrogen-bond acceptors (Lipinski definition) is 5. The lowest BCUT2D eigenvalue weighted by molar-refractivity contribution is -0.157. The van der Waals surface area contributed by atoms with Crippen LogP contribution in [0.1, 0.15) is 57.1 Å². The molecule has 0 radical (unpaired) electrons. The van der Waals surface area contributed by atoms with Gasteiger partial charge in [0, 0.05) is 38.4 Å². The van der Waals surface area contributed by atoms with E-state index in [4.69, 9.17) is 9.47 Å². The molecule has 0 aliphatic carbocycles. The largest absolute Gasteiger partial charge is 0.452 e. The summed E-state index contributed by atoms with van der Waals surface area (Å²) in [7, 11) is 1.71. The monoisotopic (exact) mass is 423 g/mol. The molecular weight excluding hydrogens is 390 g/mol. The Morgan fingerprint density at radius 3 is 2.42 bits per heavy atom. The SMILES string of the molecule is C=CC(=O)OC(C)O/C(=C(/C=N\C)c1ccc(C(C)(C)C)cc1)c1cc(C)nn1CC. The van der Waals surface area contributed by atoms with E-state index in [2.05, 4.69) is 61.7 Å². The summed E-state index contributed by atoms with van der Waals surface area (Å²) in [6.45, 7) is 16.3. The third-order valence-corrected chi connectivity index (χ3v) is 4.73. The van der Waals surface area contributed by atoms with Crippen LogP contribution in [0.4, 0.5) is 0 Å². The van der Waals surface area contributed by atoms with Crippen molar-refractivity contribution in [3.05, 3.63) is 65.5 Å². The Kier molecular flexibility index (Phi) is 7.97. The second-order valence-electron chi connectivity index (χ2n) is 8.27. The van der Waals surface area contributed by atoms with Crippen LogP contribution in [0.5, 0.6) is 0 Å². The molecule has 0 N–H and O–H groups in total. The third-order valence-electron chi connectivity index (χ3n) is 4.73. The van der Waals surface area contributed by atoms with Crippen molar-refractivity contribution >= 4 is 23.5 Å². The Balaban J connectivity index is 2.67. The molecule has 0 bridgehead atoms. The number of allylic oxidation sites excluding steroid dienone is 1. The molecule has 0 aliphatic heterocycles. The van der Waals surface area contributed by atoms with E-state index in [-0.39, 0.29) is 5.41 Å². The molecule has 0 fully saturated rings. The average Bonchev–Trinajstić information content (AvgIpc) is 3.10. The van der Waals surface area contributed by atoms with Gasteiger partial charge < -0.3 is 9.47 Å². The van der Waals surface area contributed by atoms with Crippen LogP contribution in [0, 0.1) is 6.92 Å². The molecule has 0 spiro atoms. The van der Waals surface area contributed by atoms with Crippen molar-refractivity contribution < 1.29 is 14.3 Å². The Morgan fingerprint density at radius 2 is 1.90 bits per heavy atom. The molecule has 166 valence electrons. The van der Waals surface area contributed by atoms with Gasteiger partial charge in [0.2, 0.25) is 6.29 Å². The molecule has 31 heavy (non-hydrogen) atoms. The van der Waals surface area contributed by atoms with E-state index in [1.807, 2.05) is 24.6 Å². The van der Waals surface area contributed by atoms with Crippen molar-refractivity contribution in [3.63, 3.8) is 0 Å². The van der Waals surface area contributed by atoms with E-state index in [9.17, 15) is 4.79 Å². The van der Waals surface area contributed by atoms with Crippen LogP contribution in [0.2, 0.25) is 0 Å². The minimum absolute atomic E-state index is 0.0475. The number of aliphatic imine (C=N–C) groups is 1. The summed E-state index contributed by atoms with van der Waals surface area (Å²) in [5.74, 6) is -0.00631. The van der Waals surface area contributed by atoms with Gasteiger partial charge in [-0.05, 0) is 36.5 Å². The summed E-state index contributed by atoms with van der Waals surface area (Å²) in [4.78, 5) is 15.9. The zero-order chi connectivity index (χ0) is 23.2. The van der Waals surface area contributed by atoms with E-state index in [0.717, 1.165) is 28.6 Å². The van der Waals surface area contributed by atoms with Gasteiger partial charge in [0.1, 0.15) is 5.69 Å². The van der Waals surface area contributed by atoms with Crippen LogP contribution < -0.4 is 0 Å². The first-order valence-corrected chi connectivity index (χ1v) is 10.4. The predicted molar refractivity (Wildman–Crippen MR) is 126 cm³/mol. The van der Waals surface area contributed by atoms with Crippen molar-refractivity contribution in [2.24, 2.45) is 4.99 Å². The topological polar surface area (TPSA) is 65.7 Å². The maximum absolute atomic E-state index is 11.7. The number of ether oxygens (including phenoxy) is 2. The first kappa shape index (κ1) is 24.1. The Hall–Kier alpha value is -3.15. The summed E-state index contributed by atoms with van der Waals surface area (Å²) >= 11 is 0. The second kappa shape index (κ2) is 10.2. The van der Waals surface area contributed by atoms with Gasteiger partial charge in [-0.3, -0.25) is 9.67 Å². The molecule has 0 aliphatic rings. The maximum atomic E-state index is 11.7. The second-order valence-corrected chi connectivity index (χ2v) is 8.27. The van der Waals surface area contributed by atoms with Crippen LogP contribution >= 0.6 is 0 Å².